The molecule has 0 N–H and O–H groups in total. The van der Waals surface area contributed by atoms with Crippen LogP contribution >= 0.6 is 0 Å². The van der Waals surface area contributed by atoms with Gasteiger partial charge in [-0.3, -0.25) is 0 Å². The van der Waals surface area contributed by atoms with Gasteiger partial charge in [0.05, 0.1) is 7.11 Å². The molecule has 1 saturated carbocycles. The van der Waals surface area contributed by atoms with Crippen LogP contribution in [0.25, 0.3) is 17.7 Å². The van der Waals surface area contributed by atoms with Crippen molar-refractivity contribution in [3.8, 4) is 5.75 Å². The van der Waals surface area contributed by atoms with E-state index in [-0.39, 0.29) is 0 Å². The molecule has 0 radical (unpaired) electrons. The topological polar surface area (TPSA) is 12.5 Å². The van der Waals surface area contributed by atoms with E-state index >= 15 is 0 Å². The molecule has 2 aromatic rings. The number of hydrogen-bond donors (Lipinski definition) is 0. The van der Waals surface area contributed by atoms with Gasteiger partial charge < -0.3 is 9.64 Å². The first-order chi connectivity index (χ1) is 13.3. The molecule has 2 fully saturated rings. The first kappa shape index (κ1) is 16.8. The molecule has 0 bridgehead atoms. The highest BCUT2D eigenvalue weighted by atomic mass is 16.5. The smallest absolute Gasteiger partial charge is 0.119 e. The van der Waals surface area contributed by atoms with Crippen molar-refractivity contribution in [2.45, 2.75) is 25.7 Å². The Morgan fingerprint density at radius 3 is 2.41 bits per heavy atom. The van der Waals surface area contributed by atoms with Crippen LogP contribution in [0, 0.1) is 5.92 Å². The molecule has 1 saturated heterocycles. The number of piperidine rings is 1. The van der Waals surface area contributed by atoms with Crippen molar-refractivity contribution in [1.82, 2.24) is 4.90 Å². The Labute approximate surface area is 162 Å². The molecule has 0 spiro atoms. The molecule has 1 heterocycles. The van der Waals surface area contributed by atoms with Crippen molar-refractivity contribution >= 4 is 17.7 Å². The highest BCUT2D eigenvalue weighted by Crippen LogP contribution is 2.40. The molecule has 2 nitrogen and oxygen atoms in total. The fourth-order valence-electron chi connectivity index (χ4n) is 4.52. The average Bonchev–Trinajstić information content (AvgIpc) is 3.54. The van der Waals surface area contributed by atoms with Gasteiger partial charge in [0.25, 0.3) is 0 Å². The summed E-state index contributed by atoms with van der Waals surface area (Å²) in [4.78, 5) is 2.68. The van der Waals surface area contributed by atoms with E-state index < -0.39 is 0 Å². The van der Waals surface area contributed by atoms with Crippen molar-refractivity contribution in [3.05, 3.63) is 70.3 Å². The van der Waals surface area contributed by atoms with E-state index in [0.29, 0.717) is 0 Å². The van der Waals surface area contributed by atoms with Crippen molar-refractivity contribution in [2.24, 2.45) is 5.92 Å². The summed E-state index contributed by atoms with van der Waals surface area (Å²) in [5.41, 5.74) is 8.33. The maximum atomic E-state index is 5.56. The third-order valence-corrected chi connectivity index (χ3v) is 6.23. The van der Waals surface area contributed by atoms with Crippen molar-refractivity contribution in [1.29, 1.82) is 0 Å². The molecule has 1 aliphatic heterocycles. The summed E-state index contributed by atoms with van der Waals surface area (Å²) in [5, 5.41) is 0. The van der Waals surface area contributed by atoms with E-state index in [4.69, 9.17) is 4.74 Å². The summed E-state index contributed by atoms with van der Waals surface area (Å²) in [6, 6.07) is 15.3. The zero-order valence-corrected chi connectivity index (χ0v) is 16.1. The fraction of sp³-hybridized carbons (Fsp3) is 0.360. The summed E-state index contributed by atoms with van der Waals surface area (Å²) in [7, 11) is 1.76. The van der Waals surface area contributed by atoms with Crippen LogP contribution in [0.4, 0.5) is 0 Å². The number of benzene rings is 2. The molecule has 27 heavy (non-hydrogen) atoms. The molecule has 0 amide bonds. The predicted octanol–water partition coefficient (Wildman–Crippen LogP) is 5.49. The van der Waals surface area contributed by atoms with Crippen LogP contribution in [0.3, 0.4) is 0 Å². The molecular weight excluding hydrogens is 330 g/mol. The van der Waals surface area contributed by atoms with Gasteiger partial charge in [-0.25, -0.2) is 0 Å². The molecule has 2 heteroatoms. The second-order valence-electron chi connectivity index (χ2n) is 8.10. The lowest BCUT2D eigenvalue weighted by Crippen LogP contribution is -2.32. The zero-order chi connectivity index (χ0) is 18.2. The number of likely N-dealkylation sites (tertiary alicyclic amines) is 1. The second-order valence-corrected chi connectivity index (χ2v) is 8.10. The highest BCUT2D eigenvalue weighted by molar-refractivity contribution is 5.95. The first-order valence-electron chi connectivity index (χ1n) is 10.2. The SMILES string of the molecule is COc1ccc2c(c1)C(=C1CCN(CC3CC3)CC1)c1ccccc1C=C2. The summed E-state index contributed by atoms with van der Waals surface area (Å²) >= 11 is 0. The van der Waals surface area contributed by atoms with Gasteiger partial charge in [0.2, 0.25) is 0 Å². The van der Waals surface area contributed by atoms with Crippen LogP contribution in [0.1, 0.15) is 47.9 Å². The van der Waals surface area contributed by atoms with Crippen LogP contribution in [0.5, 0.6) is 5.75 Å². The quantitative estimate of drug-likeness (QED) is 0.615. The molecule has 0 unspecified atom stereocenters. The van der Waals surface area contributed by atoms with E-state index in [1.54, 1.807) is 12.7 Å². The Morgan fingerprint density at radius 2 is 1.67 bits per heavy atom. The molecule has 2 aliphatic carbocycles. The summed E-state index contributed by atoms with van der Waals surface area (Å²) in [6.45, 7) is 3.71. The van der Waals surface area contributed by atoms with E-state index in [1.807, 2.05) is 0 Å². The predicted molar refractivity (Wildman–Crippen MR) is 113 cm³/mol. The summed E-state index contributed by atoms with van der Waals surface area (Å²) < 4.78 is 5.56. The normalized spacial score (nSPS) is 19.4. The number of ether oxygens (including phenoxy) is 1. The number of fused-ring (bicyclic) bond motifs is 2. The largest absolute Gasteiger partial charge is 0.497 e. The van der Waals surface area contributed by atoms with Gasteiger partial charge in [-0.15, -0.1) is 0 Å². The third kappa shape index (κ3) is 3.35. The number of nitrogens with zero attached hydrogens (tertiary/aromatic N) is 1. The lowest BCUT2D eigenvalue weighted by molar-refractivity contribution is 0.247. The van der Waals surface area contributed by atoms with Crippen LogP contribution in [0.2, 0.25) is 0 Å². The Balaban J connectivity index is 1.58. The van der Waals surface area contributed by atoms with E-state index in [9.17, 15) is 0 Å². The van der Waals surface area contributed by atoms with Crippen molar-refractivity contribution < 1.29 is 4.74 Å². The third-order valence-electron chi connectivity index (χ3n) is 6.23. The maximum absolute atomic E-state index is 5.56. The van der Waals surface area contributed by atoms with E-state index in [1.165, 1.54) is 73.1 Å². The Bertz CT molecular complexity index is 910. The molecule has 5 rings (SSSR count). The Morgan fingerprint density at radius 1 is 0.926 bits per heavy atom. The van der Waals surface area contributed by atoms with Gasteiger partial charge in [0.1, 0.15) is 5.75 Å². The Kier molecular flexibility index (Phi) is 4.37. The highest BCUT2D eigenvalue weighted by Gasteiger charge is 2.27. The first-order valence-corrected chi connectivity index (χ1v) is 10.2. The van der Waals surface area contributed by atoms with Gasteiger partial charge in [-0.2, -0.15) is 0 Å². The monoisotopic (exact) mass is 357 g/mol. The van der Waals surface area contributed by atoms with Crippen molar-refractivity contribution in [3.63, 3.8) is 0 Å². The van der Waals surface area contributed by atoms with Crippen LogP contribution in [0.15, 0.2) is 48.0 Å². The van der Waals surface area contributed by atoms with E-state index in [2.05, 4.69) is 59.5 Å². The fourth-order valence-corrected chi connectivity index (χ4v) is 4.52. The van der Waals surface area contributed by atoms with Gasteiger partial charge >= 0.3 is 0 Å². The van der Waals surface area contributed by atoms with Crippen LogP contribution in [-0.4, -0.2) is 31.6 Å². The minimum absolute atomic E-state index is 0.936. The van der Waals surface area contributed by atoms with Gasteiger partial charge in [-0.05, 0) is 71.6 Å². The lowest BCUT2D eigenvalue weighted by Gasteiger charge is -2.30. The van der Waals surface area contributed by atoms with Gasteiger partial charge in [-0.1, -0.05) is 48.1 Å². The Hall–Kier alpha value is -2.32. The maximum Gasteiger partial charge on any atom is 0.119 e. The van der Waals surface area contributed by atoms with E-state index in [0.717, 1.165) is 11.7 Å². The number of methoxy groups -OCH3 is 1. The molecular formula is C25H27NO. The molecule has 3 aliphatic rings. The minimum atomic E-state index is 0.936. The summed E-state index contributed by atoms with van der Waals surface area (Å²) in [5.74, 6) is 1.91. The number of hydrogen-bond acceptors (Lipinski definition) is 2. The van der Waals surface area contributed by atoms with Crippen LogP contribution in [-0.2, 0) is 0 Å². The average molecular weight is 357 g/mol. The minimum Gasteiger partial charge on any atom is -0.497 e. The molecule has 138 valence electrons. The second kappa shape index (κ2) is 7.01. The van der Waals surface area contributed by atoms with Crippen LogP contribution < -0.4 is 4.74 Å². The van der Waals surface area contributed by atoms with Crippen molar-refractivity contribution in [2.75, 3.05) is 26.7 Å². The van der Waals surface area contributed by atoms with Gasteiger partial charge in [0, 0.05) is 19.6 Å². The lowest BCUT2D eigenvalue weighted by atomic mass is 9.86. The van der Waals surface area contributed by atoms with Gasteiger partial charge in [0.15, 0.2) is 0 Å². The molecule has 0 atom stereocenters. The molecule has 0 aromatic heterocycles. The summed E-state index contributed by atoms with van der Waals surface area (Å²) in [6.07, 6.45) is 9.74. The zero-order valence-electron chi connectivity index (χ0n) is 16.1. The standard InChI is InChI=1S/C25H27NO/c1-27-22-11-10-20-9-8-19-4-2-3-5-23(19)25(24(20)16-22)21-12-14-26(15-13-21)17-18-6-7-18/h2-5,8-11,16,18H,6-7,12-15,17H2,1H3. The molecule has 2 aromatic carbocycles. The number of rotatable bonds is 3.